The minimum Gasteiger partial charge on any atom is -0.481 e. The van der Waals surface area contributed by atoms with Crippen LogP contribution in [-0.4, -0.2) is 21.0 Å². The molecule has 5 heteroatoms. The Morgan fingerprint density at radius 1 is 1.28 bits per heavy atom. The van der Waals surface area contributed by atoms with Crippen molar-refractivity contribution in [2.45, 2.75) is 12.8 Å². The Labute approximate surface area is 109 Å². The molecule has 1 heterocycles. The van der Waals surface area contributed by atoms with E-state index in [9.17, 15) is 4.79 Å². The zero-order valence-corrected chi connectivity index (χ0v) is 10.3. The molecule has 0 spiro atoms. The first kappa shape index (κ1) is 12.5. The number of aryl methyl sites for hydroxylation is 1. The van der Waals surface area contributed by atoms with Gasteiger partial charge in [-0.1, -0.05) is 23.7 Å². The normalized spacial score (nSPS) is 10.3. The van der Waals surface area contributed by atoms with Crippen LogP contribution in [0.1, 0.15) is 12.0 Å². The number of carbonyl (C=O) groups is 1. The van der Waals surface area contributed by atoms with Gasteiger partial charge in [0.2, 0.25) is 0 Å². The van der Waals surface area contributed by atoms with Crippen molar-refractivity contribution in [2.24, 2.45) is 0 Å². The van der Waals surface area contributed by atoms with Gasteiger partial charge in [-0.05, 0) is 24.1 Å². The molecule has 2 aromatic rings. The van der Waals surface area contributed by atoms with E-state index in [-0.39, 0.29) is 6.42 Å². The smallest absolute Gasteiger partial charge is 0.303 e. The van der Waals surface area contributed by atoms with Crippen LogP contribution in [0.4, 0.5) is 0 Å². The van der Waals surface area contributed by atoms with Crippen LogP contribution in [-0.2, 0) is 11.2 Å². The summed E-state index contributed by atoms with van der Waals surface area (Å²) in [6.45, 7) is 0. The fraction of sp³-hybridized carbons (Fsp3) is 0.154. The molecular weight excluding hydrogens is 252 g/mol. The van der Waals surface area contributed by atoms with Gasteiger partial charge in [0, 0.05) is 29.4 Å². The molecule has 1 N–H and O–H groups in total. The topological polar surface area (TPSA) is 63.1 Å². The molecule has 1 aromatic carbocycles. The van der Waals surface area contributed by atoms with Gasteiger partial charge in [0.1, 0.15) is 0 Å². The molecule has 0 unspecified atom stereocenters. The summed E-state index contributed by atoms with van der Waals surface area (Å²) in [6, 6.07) is 7.28. The van der Waals surface area contributed by atoms with Crippen molar-refractivity contribution in [3.05, 3.63) is 47.2 Å². The molecule has 0 radical (unpaired) electrons. The van der Waals surface area contributed by atoms with Crippen LogP contribution in [0.5, 0.6) is 0 Å². The average molecular weight is 263 g/mol. The number of hydrogen-bond acceptors (Lipinski definition) is 3. The summed E-state index contributed by atoms with van der Waals surface area (Å²) in [6.07, 6.45) is 3.81. The minimum absolute atomic E-state index is 0.0832. The van der Waals surface area contributed by atoms with Gasteiger partial charge >= 0.3 is 5.97 Å². The number of rotatable bonds is 4. The van der Waals surface area contributed by atoms with Crippen LogP contribution in [0, 0.1) is 0 Å². The highest BCUT2D eigenvalue weighted by atomic mass is 35.5. The predicted molar refractivity (Wildman–Crippen MR) is 68.4 cm³/mol. The summed E-state index contributed by atoms with van der Waals surface area (Å²) in [5, 5.41) is 9.21. The lowest BCUT2D eigenvalue weighted by molar-refractivity contribution is -0.136. The Kier molecular flexibility index (Phi) is 3.89. The van der Waals surface area contributed by atoms with Crippen LogP contribution in [0.15, 0.2) is 36.7 Å². The highest BCUT2D eigenvalue weighted by molar-refractivity contribution is 6.30. The van der Waals surface area contributed by atoms with Crippen molar-refractivity contribution < 1.29 is 9.90 Å². The number of nitrogens with zero attached hydrogens (tertiary/aromatic N) is 2. The Morgan fingerprint density at radius 2 is 2.00 bits per heavy atom. The van der Waals surface area contributed by atoms with Crippen LogP contribution in [0.3, 0.4) is 0 Å². The zero-order valence-electron chi connectivity index (χ0n) is 9.51. The number of hydrogen-bond donors (Lipinski definition) is 1. The first-order valence-electron chi connectivity index (χ1n) is 5.44. The van der Waals surface area contributed by atoms with Gasteiger partial charge in [-0.3, -0.25) is 4.79 Å². The van der Waals surface area contributed by atoms with Gasteiger partial charge in [0.05, 0.1) is 0 Å². The molecular formula is C13H11ClN2O2. The second-order valence-corrected chi connectivity index (χ2v) is 4.26. The Bertz CT molecular complexity index is 555. The molecule has 0 aliphatic carbocycles. The molecule has 0 bridgehead atoms. The number of aliphatic carboxylic acids is 1. The zero-order chi connectivity index (χ0) is 13.0. The maximum atomic E-state index is 10.4. The first-order chi connectivity index (χ1) is 8.65. The van der Waals surface area contributed by atoms with E-state index in [0.29, 0.717) is 17.3 Å². The maximum Gasteiger partial charge on any atom is 0.303 e. The standard InChI is InChI=1S/C13H11ClN2O2/c14-11-3-1-2-10(6-11)13-15-7-9(8-16-13)4-5-12(17)18/h1-3,6-8H,4-5H2,(H,17,18). The van der Waals surface area contributed by atoms with Crippen LogP contribution in [0.25, 0.3) is 11.4 Å². The molecule has 92 valence electrons. The molecule has 0 aliphatic heterocycles. The second kappa shape index (κ2) is 5.60. The largest absolute Gasteiger partial charge is 0.481 e. The molecule has 4 nitrogen and oxygen atoms in total. The molecule has 0 atom stereocenters. The molecule has 18 heavy (non-hydrogen) atoms. The van der Waals surface area contributed by atoms with Gasteiger partial charge in [-0.25, -0.2) is 9.97 Å². The third-order valence-corrected chi connectivity index (χ3v) is 2.65. The van der Waals surface area contributed by atoms with Crippen LogP contribution in [0.2, 0.25) is 5.02 Å². The van der Waals surface area contributed by atoms with E-state index in [0.717, 1.165) is 11.1 Å². The van der Waals surface area contributed by atoms with Crippen molar-refractivity contribution in [3.63, 3.8) is 0 Å². The van der Waals surface area contributed by atoms with E-state index < -0.39 is 5.97 Å². The van der Waals surface area contributed by atoms with E-state index in [1.807, 2.05) is 12.1 Å². The number of carboxylic acids is 1. The third-order valence-electron chi connectivity index (χ3n) is 2.42. The lowest BCUT2D eigenvalue weighted by Crippen LogP contribution is -1.99. The number of halogens is 1. The van der Waals surface area contributed by atoms with Gasteiger partial charge in [-0.2, -0.15) is 0 Å². The summed E-state index contributed by atoms with van der Waals surface area (Å²) in [7, 11) is 0. The highest BCUT2D eigenvalue weighted by Crippen LogP contribution is 2.19. The van der Waals surface area contributed by atoms with E-state index in [4.69, 9.17) is 16.7 Å². The van der Waals surface area contributed by atoms with Crippen molar-refractivity contribution in [3.8, 4) is 11.4 Å². The molecule has 2 rings (SSSR count). The van der Waals surface area contributed by atoms with Gasteiger partial charge in [-0.15, -0.1) is 0 Å². The quantitative estimate of drug-likeness (QED) is 0.920. The SMILES string of the molecule is O=C(O)CCc1cnc(-c2cccc(Cl)c2)nc1. The molecule has 0 amide bonds. The minimum atomic E-state index is -0.825. The molecule has 0 aliphatic rings. The second-order valence-electron chi connectivity index (χ2n) is 3.82. The van der Waals surface area contributed by atoms with Crippen LogP contribution >= 0.6 is 11.6 Å². The molecule has 0 fully saturated rings. The van der Waals surface area contributed by atoms with Crippen molar-refractivity contribution in [1.82, 2.24) is 9.97 Å². The fourth-order valence-corrected chi connectivity index (χ4v) is 1.70. The lowest BCUT2D eigenvalue weighted by Gasteiger charge is -2.02. The maximum absolute atomic E-state index is 10.4. The Balaban J connectivity index is 2.14. The van der Waals surface area contributed by atoms with E-state index in [2.05, 4.69) is 9.97 Å². The van der Waals surface area contributed by atoms with Gasteiger partial charge in [0.15, 0.2) is 5.82 Å². The molecule has 1 aromatic heterocycles. The van der Waals surface area contributed by atoms with Crippen molar-refractivity contribution in [1.29, 1.82) is 0 Å². The van der Waals surface area contributed by atoms with Gasteiger partial charge < -0.3 is 5.11 Å². The summed E-state index contributed by atoms with van der Waals surface area (Å²) in [4.78, 5) is 18.9. The highest BCUT2D eigenvalue weighted by Gasteiger charge is 2.03. The van der Waals surface area contributed by atoms with E-state index in [1.54, 1.807) is 24.5 Å². The number of benzene rings is 1. The summed E-state index contributed by atoms with van der Waals surface area (Å²) in [5.41, 5.74) is 1.65. The average Bonchev–Trinajstić information content (AvgIpc) is 2.37. The summed E-state index contributed by atoms with van der Waals surface area (Å²) >= 11 is 5.89. The van der Waals surface area contributed by atoms with Crippen molar-refractivity contribution in [2.75, 3.05) is 0 Å². The lowest BCUT2D eigenvalue weighted by atomic mass is 10.2. The molecule has 0 saturated carbocycles. The predicted octanol–water partition coefficient (Wildman–Crippen LogP) is 2.81. The molecule has 0 saturated heterocycles. The third kappa shape index (κ3) is 3.28. The fourth-order valence-electron chi connectivity index (χ4n) is 1.51. The van der Waals surface area contributed by atoms with Gasteiger partial charge in [0.25, 0.3) is 0 Å². The van der Waals surface area contributed by atoms with E-state index in [1.165, 1.54) is 0 Å². The monoisotopic (exact) mass is 262 g/mol. The summed E-state index contributed by atoms with van der Waals surface area (Å²) < 4.78 is 0. The van der Waals surface area contributed by atoms with E-state index >= 15 is 0 Å². The van der Waals surface area contributed by atoms with Crippen LogP contribution < -0.4 is 0 Å². The Morgan fingerprint density at radius 3 is 2.61 bits per heavy atom. The summed E-state index contributed by atoms with van der Waals surface area (Å²) in [5.74, 6) is -0.245. The first-order valence-corrected chi connectivity index (χ1v) is 5.81. The number of aromatic nitrogens is 2. The Hall–Kier alpha value is -1.94. The number of carboxylic acid groups (broad SMARTS) is 1. The van der Waals surface area contributed by atoms with Crippen molar-refractivity contribution >= 4 is 17.6 Å².